The maximum absolute atomic E-state index is 12.4. The number of carbonyl (C=O) groups excluding carboxylic acids is 2. The Hall–Kier alpha value is -2.84. The summed E-state index contributed by atoms with van der Waals surface area (Å²) in [7, 11) is 2.48. The molecule has 0 amide bonds. The van der Waals surface area contributed by atoms with Gasteiger partial charge in [0.25, 0.3) is 0 Å². The fourth-order valence-corrected chi connectivity index (χ4v) is 3.50. The lowest BCUT2D eigenvalue weighted by atomic mass is 9.75. The molecule has 1 saturated heterocycles. The number of hydrogen-bond donors (Lipinski definition) is 2. The number of pyridine rings is 2. The SMILES string of the molecule is COC(=O)C1C(c2ccccn2)NC(c2ccccn2)C(C(=O)OC)C1O. The first kappa shape index (κ1) is 18.9. The molecule has 2 aromatic heterocycles. The lowest BCUT2D eigenvalue weighted by Crippen LogP contribution is -2.56. The van der Waals surface area contributed by atoms with Crippen molar-refractivity contribution in [3.63, 3.8) is 0 Å². The van der Waals surface area contributed by atoms with E-state index in [0.29, 0.717) is 11.4 Å². The van der Waals surface area contributed by atoms with E-state index in [1.54, 1.807) is 48.8 Å². The molecule has 8 heteroatoms. The highest BCUT2D eigenvalue weighted by atomic mass is 16.5. The van der Waals surface area contributed by atoms with Gasteiger partial charge in [-0.3, -0.25) is 24.9 Å². The van der Waals surface area contributed by atoms with E-state index in [2.05, 4.69) is 15.3 Å². The van der Waals surface area contributed by atoms with Crippen molar-refractivity contribution < 1.29 is 24.2 Å². The standard InChI is InChI=1S/C19H21N3O5/c1-26-18(24)13-15(11-7-3-5-9-20-11)22-16(12-8-4-6-10-21-12)14(17(13)23)19(25)27-2/h3-10,13-17,22-23H,1-2H3. The lowest BCUT2D eigenvalue weighted by molar-refractivity contribution is -0.166. The van der Waals surface area contributed by atoms with Gasteiger partial charge in [-0.15, -0.1) is 0 Å². The number of rotatable bonds is 4. The third-order valence-corrected chi connectivity index (χ3v) is 4.77. The molecule has 0 radical (unpaired) electrons. The highest BCUT2D eigenvalue weighted by Gasteiger charge is 2.52. The van der Waals surface area contributed by atoms with Crippen LogP contribution in [0.4, 0.5) is 0 Å². The summed E-state index contributed by atoms with van der Waals surface area (Å²) >= 11 is 0. The smallest absolute Gasteiger partial charge is 0.313 e. The van der Waals surface area contributed by atoms with Crippen LogP contribution in [-0.2, 0) is 19.1 Å². The minimum absolute atomic E-state index is 0.552. The van der Waals surface area contributed by atoms with Crippen LogP contribution >= 0.6 is 0 Å². The number of piperidine rings is 1. The topological polar surface area (TPSA) is 111 Å². The second-order valence-corrected chi connectivity index (χ2v) is 6.22. The van der Waals surface area contributed by atoms with Gasteiger partial charge in [0.1, 0.15) is 11.8 Å². The average molecular weight is 371 g/mol. The molecule has 1 fully saturated rings. The van der Waals surface area contributed by atoms with E-state index in [1.807, 2.05) is 0 Å². The summed E-state index contributed by atoms with van der Waals surface area (Å²) in [4.78, 5) is 33.5. The molecule has 8 nitrogen and oxygen atoms in total. The van der Waals surface area contributed by atoms with Crippen LogP contribution in [0.5, 0.6) is 0 Å². The molecule has 0 aliphatic carbocycles. The van der Waals surface area contributed by atoms with E-state index in [9.17, 15) is 14.7 Å². The van der Waals surface area contributed by atoms with Gasteiger partial charge in [0, 0.05) is 12.4 Å². The second kappa shape index (κ2) is 8.24. The van der Waals surface area contributed by atoms with Crippen molar-refractivity contribution in [1.29, 1.82) is 0 Å². The van der Waals surface area contributed by atoms with E-state index in [0.717, 1.165) is 0 Å². The fraction of sp³-hybridized carbons (Fsp3) is 0.368. The van der Waals surface area contributed by atoms with Crippen LogP contribution in [0.2, 0.25) is 0 Å². The Bertz CT molecular complexity index is 721. The third-order valence-electron chi connectivity index (χ3n) is 4.77. The molecule has 142 valence electrons. The van der Waals surface area contributed by atoms with Gasteiger partial charge in [-0.05, 0) is 24.3 Å². The number of carbonyl (C=O) groups is 2. The summed E-state index contributed by atoms with van der Waals surface area (Å²) in [6.07, 6.45) is 1.85. The first-order chi connectivity index (χ1) is 13.1. The van der Waals surface area contributed by atoms with Crippen molar-refractivity contribution in [3.05, 3.63) is 60.2 Å². The van der Waals surface area contributed by atoms with Crippen LogP contribution in [0.3, 0.4) is 0 Å². The third kappa shape index (κ3) is 3.67. The first-order valence-electron chi connectivity index (χ1n) is 8.50. The number of ether oxygens (including phenoxy) is 2. The van der Waals surface area contributed by atoms with Crippen LogP contribution in [0.15, 0.2) is 48.8 Å². The molecular weight excluding hydrogens is 350 g/mol. The number of aliphatic hydroxyl groups is 1. The highest BCUT2D eigenvalue weighted by Crippen LogP contribution is 2.41. The van der Waals surface area contributed by atoms with Gasteiger partial charge >= 0.3 is 11.9 Å². The number of nitrogens with one attached hydrogen (secondary N) is 1. The summed E-state index contributed by atoms with van der Waals surface area (Å²) < 4.78 is 9.76. The molecule has 3 heterocycles. The van der Waals surface area contributed by atoms with Gasteiger partial charge in [0.15, 0.2) is 0 Å². The molecule has 2 aromatic rings. The van der Waals surface area contributed by atoms with Gasteiger partial charge in [-0.25, -0.2) is 0 Å². The van der Waals surface area contributed by atoms with Crippen LogP contribution in [0.25, 0.3) is 0 Å². The molecule has 2 N–H and O–H groups in total. The molecular formula is C19H21N3O5. The van der Waals surface area contributed by atoms with Crippen LogP contribution in [0.1, 0.15) is 23.5 Å². The summed E-state index contributed by atoms with van der Waals surface area (Å²) in [5.74, 6) is -3.35. The van der Waals surface area contributed by atoms with E-state index in [-0.39, 0.29) is 0 Å². The molecule has 0 bridgehead atoms. The highest BCUT2D eigenvalue weighted by molar-refractivity contribution is 5.79. The van der Waals surface area contributed by atoms with Crippen molar-refractivity contribution in [2.75, 3.05) is 14.2 Å². The number of aromatic nitrogens is 2. The molecule has 1 aliphatic heterocycles. The van der Waals surface area contributed by atoms with Crippen LogP contribution in [0, 0.1) is 11.8 Å². The van der Waals surface area contributed by atoms with Gasteiger partial charge < -0.3 is 14.6 Å². The predicted molar refractivity (Wildman–Crippen MR) is 94.1 cm³/mol. The Morgan fingerprint density at radius 3 is 1.67 bits per heavy atom. The average Bonchev–Trinajstić information content (AvgIpc) is 2.73. The van der Waals surface area contributed by atoms with Gasteiger partial charge in [-0.1, -0.05) is 12.1 Å². The summed E-state index contributed by atoms with van der Waals surface area (Å²) in [5.41, 5.74) is 1.10. The number of hydrogen-bond acceptors (Lipinski definition) is 8. The van der Waals surface area contributed by atoms with Gasteiger partial charge in [0.2, 0.25) is 0 Å². The largest absolute Gasteiger partial charge is 0.469 e. The zero-order chi connectivity index (χ0) is 19.4. The van der Waals surface area contributed by atoms with Crippen LogP contribution < -0.4 is 5.32 Å². The van der Waals surface area contributed by atoms with Crippen molar-refractivity contribution in [1.82, 2.24) is 15.3 Å². The molecule has 3 rings (SSSR count). The molecule has 0 spiro atoms. The number of methoxy groups -OCH3 is 2. The maximum Gasteiger partial charge on any atom is 0.313 e. The minimum atomic E-state index is -1.34. The Morgan fingerprint density at radius 2 is 1.33 bits per heavy atom. The Morgan fingerprint density at radius 1 is 0.889 bits per heavy atom. The number of aliphatic hydroxyl groups excluding tert-OH is 1. The Labute approximate surface area is 156 Å². The van der Waals surface area contributed by atoms with E-state index in [1.165, 1.54) is 14.2 Å². The Balaban J connectivity index is 2.08. The first-order valence-corrected chi connectivity index (χ1v) is 8.50. The minimum Gasteiger partial charge on any atom is -0.469 e. The molecule has 4 atom stereocenters. The molecule has 27 heavy (non-hydrogen) atoms. The summed E-state index contributed by atoms with van der Waals surface area (Å²) in [6, 6.07) is 9.23. The van der Waals surface area contributed by atoms with Crippen LogP contribution in [-0.4, -0.2) is 47.3 Å². The monoisotopic (exact) mass is 371 g/mol. The quantitative estimate of drug-likeness (QED) is 0.760. The van der Waals surface area contributed by atoms with E-state index in [4.69, 9.17) is 9.47 Å². The van der Waals surface area contributed by atoms with Crippen molar-refractivity contribution in [3.8, 4) is 0 Å². The van der Waals surface area contributed by atoms with E-state index >= 15 is 0 Å². The maximum atomic E-state index is 12.4. The molecule has 0 aromatic carbocycles. The van der Waals surface area contributed by atoms with E-state index < -0.39 is 42.0 Å². The van der Waals surface area contributed by atoms with Gasteiger partial charge in [-0.2, -0.15) is 0 Å². The van der Waals surface area contributed by atoms with Gasteiger partial charge in [0.05, 0.1) is 43.8 Å². The molecule has 4 unspecified atom stereocenters. The fourth-order valence-electron chi connectivity index (χ4n) is 3.50. The second-order valence-electron chi connectivity index (χ2n) is 6.22. The normalized spacial score (nSPS) is 27.6. The predicted octanol–water partition coefficient (Wildman–Crippen LogP) is 0.801. The number of nitrogens with zero attached hydrogens (tertiary/aromatic N) is 2. The zero-order valence-corrected chi connectivity index (χ0v) is 15.0. The van der Waals surface area contributed by atoms with Crippen molar-refractivity contribution >= 4 is 11.9 Å². The molecule has 0 saturated carbocycles. The Kier molecular flexibility index (Phi) is 5.78. The number of esters is 2. The summed E-state index contributed by atoms with van der Waals surface area (Å²) in [6.45, 7) is 0. The van der Waals surface area contributed by atoms with Crippen molar-refractivity contribution in [2.24, 2.45) is 11.8 Å². The lowest BCUT2D eigenvalue weighted by Gasteiger charge is -2.43. The summed E-state index contributed by atoms with van der Waals surface area (Å²) in [5, 5.41) is 14.3. The molecule has 1 aliphatic rings. The van der Waals surface area contributed by atoms with Crippen molar-refractivity contribution in [2.45, 2.75) is 18.2 Å². The zero-order valence-electron chi connectivity index (χ0n) is 15.0.